The van der Waals surface area contributed by atoms with Gasteiger partial charge < -0.3 is 10.7 Å². The Bertz CT molecular complexity index is 1180. The molecule has 214 valence electrons. The summed E-state index contributed by atoms with van der Waals surface area (Å²) in [7, 11) is 1.71. The Hall–Kier alpha value is -3.55. The molecule has 2 aliphatic rings. The molecule has 1 amide bonds. The van der Waals surface area contributed by atoms with Crippen molar-refractivity contribution in [2.45, 2.75) is 46.7 Å². The third kappa shape index (κ3) is 8.47. The van der Waals surface area contributed by atoms with Gasteiger partial charge in [-0.15, -0.1) is 0 Å². The third-order valence-electron chi connectivity index (χ3n) is 7.36. The molecule has 0 bridgehead atoms. The number of rotatable bonds is 11. The smallest absolute Gasteiger partial charge is 0.222 e. The highest BCUT2D eigenvalue weighted by Crippen LogP contribution is 2.30. The van der Waals surface area contributed by atoms with Gasteiger partial charge >= 0.3 is 0 Å². The van der Waals surface area contributed by atoms with Crippen molar-refractivity contribution in [3.8, 4) is 0 Å². The Labute approximate surface area is 240 Å². The molecule has 40 heavy (non-hydrogen) atoms. The molecule has 0 spiro atoms. The van der Waals surface area contributed by atoms with Crippen molar-refractivity contribution in [2.75, 3.05) is 26.7 Å². The molecule has 1 saturated heterocycles. The van der Waals surface area contributed by atoms with E-state index in [4.69, 9.17) is 16.2 Å². The number of hydrogen-bond donors (Lipinski definition) is 3. The second-order valence-electron chi connectivity index (χ2n) is 10.9. The summed E-state index contributed by atoms with van der Waals surface area (Å²) in [5.41, 5.74) is 5.20. The van der Waals surface area contributed by atoms with Gasteiger partial charge in [-0.3, -0.25) is 19.7 Å². The van der Waals surface area contributed by atoms with E-state index in [9.17, 15) is 4.79 Å². The van der Waals surface area contributed by atoms with E-state index in [0.717, 1.165) is 54.9 Å². The molecule has 1 aromatic carbocycles. The summed E-state index contributed by atoms with van der Waals surface area (Å²) >= 11 is 0. The lowest BCUT2D eigenvalue weighted by molar-refractivity contribution is -0.125. The molecule has 7 heteroatoms. The molecule has 4 N–H and O–H groups in total. The van der Waals surface area contributed by atoms with Gasteiger partial charge in [-0.25, -0.2) is 5.84 Å². The highest BCUT2D eigenvalue weighted by Gasteiger charge is 2.29. The van der Waals surface area contributed by atoms with Crippen LogP contribution >= 0.6 is 0 Å². The minimum Gasteiger partial charge on any atom is -0.359 e. The summed E-state index contributed by atoms with van der Waals surface area (Å²) in [5, 5.41) is 12.5. The highest BCUT2D eigenvalue weighted by atomic mass is 16.1. The molecule has 2 atom stereocenters. The number of amides is 1. The van der Waals surface area contributed by atoms with Gasteiger partial charge in [0.2, 0.25) is 5.91 Å². The SMILES string of the molecule is C\C=C/C(=C\C=C(/C)C1=NC(N(N)/C=C\C(C)C)C(C=N)C=C1c1ccccc1)CN1CCC(C(=O)NC)CC1. The van der Waals surface area contributed by atoms with Crippen molar-refractivity contribution in [3.05, 3.63) is 89.7 Å². The zero-order valence-electron chi connectivity index (χ0n) is 24.7. The Morgan fingerprint density at radius 1 is 1.23 bits per heavy atom. The minimum atomic E-state index is -0.404. The number of nitrogens with one attached hydrogen (secondary N) is 2. The largest absolute Gasteiger partial charge is 0.359 e. The van der Waals surface area contributed by atoms with Gasteiger partial charge in [0, 0.05) is 37.5 Å². The number of carbonyl (C=O) groups is 1. The van der Waals surface area contributed by atoms with Crippen LogP contribution in [0.15, 0.2) is 89.1 Å². The van der Waals surface area contributed by atoms with Crippen LogP contribution in [0.25, 0.3) is 5.57 Å². The van der Waals surface area contributed by atoms with Crippen LogP contribution in [-0.4, -0.2) is 60.6 Å². The van der Waals surface area contributed by atoms with E-state index in [1.165, 1.54) is 11.8 Å². The lowest BCUT2D eigenvalue weighted by Gasteiger charge is -2.32. The Kier molecular flexibility index (Phi) is 11.8. The molecule has 0 aromatic heterocycles. The van der Waals surface area contributed by atoms with Crippen LogP contribution < -0.4 is 11.2 Å². The highest BCUT2D eigenvalue weighted by molar-refractivity contribution is 6.32. The van der Waals surface area contributed by atoms with Gasteiger partial charge in [-0.05, 0) is 62.4 Å². The maximum atomic E-state index is 12.0. The Morgan fingerprint density at radius 3 is 2.52 bits per heavy atom. The summed E-state index contributed by atoms with van der Waals surface area (Å²) in [6.45, 7) is 11.0. The number of piperidine rings is 1. The fourth-order valence-corrected chi connectivity index (χ4v) is 5.07. The summed E-state index contributed by atoms with van der Waals surface area (Å²) in [5.74, 6) is 6.82. The predicted molar refractivity (Wildman–Crippen MR) is 168 cm³/mol. The molecule has 7 nitrogen and oxygen atoms in total. The number of aliphatic imine (C=N–C) groups is 1. The number of hydrogen-bond acceptors (Lipinski definition) is 6. The van der Waals surface area contributed by atoms with Crippen molar-refractivity contribution in [1.82, 2.24) is 15.2 Å². The fraction of sp³-hybridized carbons (Fsp3) is 0.424. The molecule has 2 unspecified atom stereocenters. The first-order valence-corrected chi connectivity index (χ1v) is 14.3. The fourth-order valence-electron chi connectivity index (χ4n) is 5.07. The van der Waals surface area contributed by atoms with E-state index < -0.39 is 6.17 Å². The maximum Gasteiger partial charge on any atom is 0.222 e. The summed E-state index contributed by atoms with van der Waals surface area (Å²) < 4.78 is 0. The number of dihydropyridines is 1. The van der Waals surface area contributed by atoms with Crippen molar-refractivity contribution in [3.63, 3.8) is 0 Å². The Balaban J connectivity index is 1.90. The van der Waals surface area contributed by atoms with Gasteiger partial charge in [-0.1, -0.05) is 80.6 Å². The van der Waals surface area contributed by atoms with Crippen LogP contribution in [0.5, 0.6) is 0 Å². The lowest BCUT2D eigenvalue weighted by atomic mass is 9.88. The van der Waals surface area contributed by atoms with Gasteiger partial charge in [-0.2, -0.15) is 0 Å². The van der Waals surface area contributed by atoms with Gasteiger partial charge in [0.1, 0.15) is 6.17 Å². The monoisotopic (exact) mass is 542 g/mol. The maximum absolute atomic E-state index is 12.0. The number of hydrazine groups is 1. The first kappa shape index (κ1) is 31.0. The van der Waals surface area contributed by atoms with Gasteiger partial charge in [0.25, 0.3) is 0 Å². The molecule has 1 aromatic rings. The van der Waals surface area contributed by atoms with E-state index >= 15 is 0 Å². The molecule has 0 aliphatic carbocycles. The van der Waals surface area contributed by atoms with E-state index in [1.54, 1.807) is 12.1 Å². The molecule has 0 radical (unpaired) electrons. The number of carbonyl (C=O) groups excluding carboxylic acids is 1. The topological polar surface area (TPSA) is 97.8 Å². The molecule has 1 fully saturated rings. The van der Waals surface area contributed by atoms with Crippen molar-refractivity contribution in [2.24, 2.45) is 28.6 Å². The number of nitrogens with two attached hydrogens (primary N) is 1. The molecule has 0 saturated carbocycles. The average Bonchev–Trinajstić information content (AvgIpc) is 2.98. The molecule has 3 rings (SSSR count). The lowest BCUT2D eigenvalue weighted by Crippen LogP contribution is -2.43. The minimum absolute atomic E-state index is 0.111. The zero-order chi connectivity index (χ0) is 29.1. The molecular weight excluding hydrogens is 496 g/mol. The van der Waals surface area contributed by atoms with Crippen LogP contribution in [0.3, 0.4) is 0 Å². The summed E-state index contributed by atoms with van der Waals surface area (Å²) in [4.78, 5) is 19.6. The second kappa shape index (κ2) is 15.3. The number of likely N-dealkylation sites (tertiary alicyclic amines) is 1. The van der Waals surface area contributed by atoms with Crippen LogP contribution in [0.2, 0.25) is 0 Å². The van der Waals surface area contributed by atoms with Gasteiger partial charge in [0.15, 0.2) is 0 Å². The summed E-state index contributed by atoms with van der Waals surface area (Å²) in [6, 6.07) is 10.2. The first-order chi connectivity index (χ1) is 19.3. The predicted octanol–water partition coefficient (Wildman–Crippen LogP) is 5.37. The number of nitrogens with zero attached hydrogens (tertiary/aromatic N) is 3. The van der Waals surface area contributed by atoms with Crippen molar-refractivity contribution >= 4 is 23.4 Å². The van der Waals surface area contributed by atoms with Crippen molar-refractivity contribution < 1.29 is 4.79 Å². The van der Waals surface area contributed by atoms with E-state index in [0.29, 0.717) is 5.92 Å². The number of benzene rings is 1. The summed E-state index contributed by atoms with van der Waals surface area (Å²) in [6.07, 6.45) is 17.3. The zero-order valence-corrected chi connectivity index (χ0v) is 24.7. The normalized spacial score (nSPS) is 21.6. The van der Waals surface area contributed by atoms with Crippen LogP contribution in [-0.2, 0) is 4.79 Å². The second-order valence-corrected chi connectivity index (χ2v) is 10.9. The van der Waals surface area contributed by atoms with E-state index in [2.05, 4.69) is 73.5 Å². The first-order valence-electron chi connectivity index (χ1n) is 14.3. The molecule has 2 heterocycles. The Morgan fingerprint density at radius 2 is 1.93 bits per heavy atom. The van der Waals surface area contributed by atoms with Gasteiger partial charge in [0.05, 0.1) is 11.6 Å². The third-order valence-corrected chi connectivity index (χ3v) is 7.36. The van der Waals surface area contributed by atoms with Crippen molar-refractivity contribution in [1.29, 1.82) is 5.41 Å². The molecular formula is C33H46N6O. The van der Waals surface area contributed by atoms with Crippen LogP contribution in [0.1, 0.15) is 46.1 Å². The standard InChI is InChI=1S/C33H46N6O/c1-6-10-26(23-38-18-16-28(17-19-38)33(40)36-5)14-13-25(4)31-30(27-11-8-7-9-12-27)21-29(22-34)32(37-31)39(35)20-15-24(2)3/h6-15,20-22,24,28-29,32,34H,16-19,23,35H2,1-5H3,(H,36,40)/b10-6-,20-15-,25-13+,26-14+,34-22?. The number of allylic oxidation sites excluding steroid dienone is 6. The van der Waals surface area contributed by atoms with Crippen LogP contribution in [0, 0.1) is 23.2 Å². The average molecular weight is 543 g/mol. The quantitative estimate of drug-likeness (QED) is 0.152. The van der Waals surface area contributed by atoms with Crippen LogP contribution in [0.4, 0.5) is 0 Å². The van der Waals surface area contributed by atoms with E-state index in [1.807, 2.05) is 37.4 Å². The molecule has 2 aliphatic heterocycles. The van der Waals surface area contributed by atoms with E-state index in [-0.39, 0.29) is 17.7 Å².